The number of hydrogen-bond acceptors (Lipinski definition) is 9. The van der Waals surface area contributed by atoms with Gasteiger partial charge in [0.1, 0.15) is 23.6 Å². The predicted molar refractivity (Wildman–Crippen MR) is 192 cm³/mol. The molecule has 0 saturated carbocycles. The Labute approximate surface area is 296 Å². The van der Waals surface area contributed by atoms with Crippen LogP contribution in [0.3, 0.4) is 0 Å². The zero-order valence-corrected chi connectivity index (χ0v) is 30.2. The number of likely N-dealkylation sites (tertiary alicyclic amines) is 1. The second-order valence-corrected chi connectivity index (χ2v) is 13.9. The summed E-state index contributed by atoms with van der Waals surface area (Å²) in [4.78, 5) is 29.0. The average Bonchev–Trinajstić information content (AvgIpc) is 3.12. The molecule has 0 aliphatic carbocycles. The molecule has 270 valence electrons. The van der Waals surface area contributed by atoms with Crippen LogP contribution in [-0.4, -0.2) is 82.3 Å². The van der Waals surface area contributed by atoms with E-state index in [0.717, 1.165) is 66.1 Å². The number of benzene rings is 3. The molecule has 50 heavy (non-hydrogen) atoms. The molecule has 10 nitrogen and oxygen atoms in total. The van der Waals surface area contributed by atoms with Gasteiger partial charge in [-0.25, -0.2) is 4.79 Å². The number of amides is 1. The molecular weight excluding hydrogens is 636 g/mol. The van der Waals surface area contributed by atoms with E-state index in [1.807, 2.05) is 57.2 Å². The normalized spacial score (nSPS) is 17.5. The van der Waals surface area contributed by atoms with E-state index >= 15 is 0 Å². The van der Waals surface area contributed by atoms with E-state index in [0.29, 0.717) is 39.5 Å². The van der Waals surface area contributed by atoms with Crippen LogP contribution in [-0.2, 0) is 43.4 Å². The first-order valence-electron chi connectivity index (χ1n) is 17.6. The van der Waals surface area contributed by atoms with Crippen LogP contribution in [0.5, 0.6) is 11.5 Å². The van der Waals surface area contributed by atoms with Crippen molar-refractivity contribution in [3.63, 3.8) is 0 Å². The molecule has 2 aliphatic rings. The van der Waals surface area contributed by atoms with Crippen molar-refractivity contribution in [1.29, 1.82) is 0 Å². The predicted octanol–water partition coefficient (Wildman–Crippen LogP) is 6.92. The topological polar surface area (TPSA) is 96.0 Å². The van der Waals surface area contributed by atoms with Crippen LogP contribution < -0.4 is 14.4 Å². The maximum absolute atomic E-state index is 13.1. The van der Waals surface area contributed by atoms with Crippen molar-refractivity contribution in [2.45, 2.75) is 77.3 Å². The van der Waals surface area contributed by atoms with Crippen molar-refractivity contribution in [3.8, 4) is 11.5 Å². The van der Waals surface area contributed by atoms with Crippen molar-refractivity contribution in [1.82, 2.24) is 4.90 Å². The highest BCUT2D eigenvalue weighted by Crippen LogP contribution is 2.34. The summed E-state index contributed by atoms with van der Waals surface area (Å²) in [5.41, 5.74) is 4.87. The van der Waals surface area contributed by atoms with E-state index in [4.69, 9.17) is 28.4 Å². The lowest BCUT2D eigenvalue weighted by molar-refractivity contribution is -0.139. The van der Waals surface area contributed by atoms with Crippen molar-refractivity contribution < 1.29 is 38.0 Å². The summed E-state index contributed by atoms with van der Waals surface area (Å²) in [6, 6.07) is 22.4. The lowest BCUT2D eigenvalue weighted by Crippen LogP contribution is -2.48. The number of para-hydroxylation sites is 1. The van der Waals surface area contributed by atoms with Gasteiger partial charge in [0.05, 0.1) is 53.3 Å². The van der Waals surface area contributed by atoms with Crippen molar-refractivity contribution >= 4 is 17.7 Å². The highest BCUT2D eigenvalue weighted by Gasteiger charge is 2.35. The Morgan fingerprint density at radius 3 is 2.48 bits per heavy atom. The Balaban J connectivity index is 1.20. The van der Waals surface area contributed by atoms with Gasteiger partial charge < -0.3 is 38.2 Å². The molecule has 2 atom stereocenters. The average molecular weight is 689 g/mol. The Morgan fingerprint density at radius 1 is 0.920 bits per heavy atom. The van der Waals surface area contributed by atoms with Gasteiger partial charge in [-0.05, 0) is 81.0 Å². The Hall–Kier alpha value is -4.28. The molecule has 1 fully saturated rings. The minimum atomic E-state index is -0.582. The highest BCUT2D eigenvalue weighted by molar-refractivity contribution is 5.76. The number of methoxy groups -OCH3 is 2. The van der Waals surface area contributed by atoms with E-state index in [9.17, 15) is 9.59 Å². The number of rotatable bonds is 14. The fourth-order valence-corrected chi connectivity index (χ4v) is 6.50. The molecule has 0 aromatic heterocycles. The lowest BCUT2D eigenvalue weighted by atomic mass is 9.87. The molecule has 0 radical (unpaired) electrons. The largest absolute Gasteiger partial charge is 0.496 e. The van der Waals surface area contributed by atoms with Crippen LogP contribution in [0.4, 0.5) is 10.5 Å². The Kier molecular flexibility index (Phi) is 13.0. The van der Waals surface area contributed by atoms with Gasteiger partial charge >= 0.3 is 12.1 Å². The minimum absolute atomic E-state index is 0.0829. The van der Waals surface area contributed by atoms with Crippen LogP contribution in [0.1, 0.15) is 68.2 Å². The van der Waals surface area contributed by atoms with Crippen molar-refractivity contribution in [3.05, 3.63) is 89.0 Å². The van der Waals surface area contributed by atoms with Gasteiger partial charge in [0.15, 0.2) is 0 Å². The number of carbonyl (C=O) groups excluding carboxylic acids is 2. The first kappa shape index (κ1) is 37.0. The molecular formula is C40H52N2O8. The van der Waals surface area contributed by atoms with E-state index < -0.39 is 5.60 Å². The number of anilines is 1. The van der Waals surface area contributed by atoms with E-state index in [2.05, 4.69) is 35.2 Å². The van der Waals surface area contributed by atoms with E-state index in [1.54, 1.807) is 12.0 Å². The smallest absolute Gasteiger partial charge is 0.410 e. The molecule has 3 aromatic rings. The summed E-state index contributed by atoms with van der Waals surface area (Å²) < 4.78 is 34.5. The summed E-state index contributed by atoms with van der Waals surface area (Å²) in [6.07, 6.45) is 2.90. The van der Waals surface area contributed by atoms with Crippen LogP contribution in [0.2, 0.25) is 0 Å². The van der Waals surface area contributed by atoms with Gasteiger partial charge in [-0.1, -0.05) is 42.5 Å². The second-order valence-electron chi connectivity index (χ2n) is 13.9. The molecule has 3 aromatic carbocycles. The molecule has 10 heteroatoms. The number of carbonyl (C=O) groups is 2. The Bertz CT molecular complexity index is 1550. The van der Waals surface area contributed by atoms with Gasteiger partial charge in [-0.2, -0.15) is 0 Å². The third-order valence-electron chi connectivity index (χ3n) is 9.05. The molecule has 1 saturated heterocycles. The van der Waals surface area contributed by atoms with Crippen LogP contribution >= 0.6 is 0 Å². The molecule has 2 aliphatic heterocycles. The summed E-state index contributed by atoms with van der Waals surface area (Å²) in [5.74, 6) is 1.46. The van der Waals surface area contributed by atoms with Gasteiger partial charge in [0.25, 0.3) is 0 Å². The fraction of sp³-hybridized carbons (Fsp3) is 0.500. The number of piperidine rings is 1. The molecule has 1 amide bonds. The number of nitrogens with zero attached hydrogens (tertiary/aromatic N) is 2. The zero-order chi connectivity index (χ0) is 35.5. The van der Waals surface area contributed by atoms with Gasteiger partial charge in [-0.3, -0.25) is 4.79 Å². The zero-order valence-electron chi connectivity index (χ0n) is 30.2. The minimum Gasteiger partial charge on any atom is -0.496 e. The SMILES string of the molecule is COC(=O)CN1CCCc2ccc(COC3CN(C(=O)OC(C)(C)C)CCC3c3ccc(OCCCOCc4ccccc4OC)cc3)cc21. The Morgan fingerprint density at radius 2 is 1.72 bits per heavy atom. The summed E-state index contributed by atoms with van der Waals surface area (Å²) in [7, 11) is 3.08. The van der Waals surface area contributed by atoms with Gasteiger partial charge in [0, 0.05) is 36.7 Å². The molecule has 2 heterocycles. The number of aryl methyl sites for hydroxylation is 1. The lowest BCUT2D eigenvalue weighted by Gasteiger charge is -2.39. The van der Waals surface area contributed by atoms with Crippen molar-refractivity contribution in [2.24, 2.45) is 0 Å². The van der Waals surface area contributed by atoms with Gasteiger partial charge in [-0.15, -0.1) is 0 Å². The summed E-state index contributed by atoms with van der Waals surface area (Å²) >= 11 is 0. The maximum atomic E-state index is 13.1. The quantitative estimate of drug-likeness (QED) is 0.132. The molecule has 2 unspecified atom stereocenters. The van der Waals surface area contributed by atoms with Crippen LogP contribution in [0, 0.1) is 0 Å². The number of hydrogen-bond donors (Lipinski definition) is 0. The summed E-state index contributed by atoms with van der Waals surface area (Å²) in [5, 5.41) is 0. The first-order valence-corrected chi connectivity index (χ1v) is 17.6. The van der Waals surface area contributed by atoms with E-state index in [1.165, 1.54) is 12.7 Å². The maximum Gasteiger partial charge on any atom is 0.410 e. The number of ether oxygens (including phenoxy) is 6. The molecule has 0 N–H and O–H groups in total. The molecule has 0 bridgehead atoms. The third kappa shape index (κ3) is 10.4. The molecule has 0 spiro atoms. The first-order chi connectivity index (χ1) is 24.1. The monoisotopic (exact) mass is 688 g/mol. The number of esters is 1. The van der Waals surface area contributed by atoms with E-state index in [-0.39, 0.29) is 30.6 Å². The van der Waals surface area contributed by atoms with Crippen molar-refractivity contribution in [2.75, 3.05) is 58.5 Å². The standard InChI is InChI=1S/C40H52N2O8/c1-40(2,3)50-39(44)42-21-19-34(30-15-17-33(18-16-30)48-23-9-22-47-28-32-10-6-7-12-36(32)45-4)37(25-42)49-27-29-13-14-31-11-8-20-41(35(31)24-29)26-38(43)46-5/h6-7,10,12-18,24,34,37H,8-9,11,19-23,25-28H2,1-5H3. The number of fused-ring (bicyclic) bond motifs is 1. The fourth-order valence-electron chi connectivity index (χ4n) is 6.50. The molecule has 5 rings (SSSR count). The van der Waals surface area contributed by atoms with Crippen LogP contribution in [0.15, 0.2) is 66.7 Å². The third-order valence-corrected chi connectivity index (χ3v) is 9.05. The summed E-state index contributed by atoms with van der Waals surface area (Å²) in [6.45, 7) is 9.66. The van der Waals surface area contributed by atoms with Crippen LogP contribution in [0.25, 0.3) is 0 Å². The highest BCUT2D eigenvalue weighted by atomic mass is 16.6. The van der Waals surface area contributed by atoms with Gasteiger partial charge in [0.2, 0.25) is 0 Å². The second kappa shape index (κ2) is 17.6.